The second-order valence-electron chi connectivity index (χ2n) is 8.83. The molecule has 164 valence electrons. The van der Waals surface area contributed by atoms with Crippen molar-refractivity contribution in [3.8, 4) is 11.4 Å². The molecule has 5 rings (SSSR count). The Kier molecular flexibility index (Phi) is 5.48. The summed E-state index contributed by atoms with van der Waals surface area (Å²) in [5.41, 5.74) is 2.03. The van der Waals surface area contributed by atoms with Crippen LogP contribution in [0.2, 0.25) is 0 Å². The van der Waals surface area contributed by atoms with E-state index in [1.165, 1.54) is 4.90 Å². The molecule has 1 aromatic heterocycles. The Balaban J connectivity index is 1.37. The van der Waals surface area contributed by atoms with Gasteiger partial charge in [-0.3, -0.25) is 9.69 Å². The quantitative estimate of drug-likeness (QED) is 0.729. The van der Waals surface area contributed by atoms with Crippen LogP contribution in [0.25, 0.3) is 11.4 Å². The van der Waals surface area contributed by atoms with Crippen molar-refractivity contribution >= 4 is 11.9 Å². The number of imide groups is 1. The summed E-state index contributed by atoms with van der Waals surface area (Å²) in [6.45, 7) is 3.27. The molecule has 0 radical (unpaired) electrons. The van der Waals surface area contributed by atoms with E-state index in [0.29, 0.717) is 24.9 Å². The summed E-state index contributed by atoms with van der Waals surface area (Å²) in [4.78, 5) is 34.2. The molecule has 3 heterocycles. The number of amides is 3. The molecule has 3 fully saturated rings. The maximum absolute atomic E-state index is 13.4. The molecule has 1 aromatic carbocycles. The number of aryl methyl sites for hydroxylation is 1. The molecule has 0 N–H and O–H groups in total. The molecule has 8 heteroatoms. The number of nitrogens with zero attached hydrogens (tertiary/aromatic N) is 4. The van der Waals surface area contributed by atoms with Gasteiger partial charge in [-0.25, -0.2) is 4.79 Å². The molecule has 3 aliphatic rings. The molecular weight excluding hydrogens is 396 g/mol. The van der Waals surface area contributed by atoms with Gasteiger partial charge in [0.15, 0.2) is 0 Å². The van der Waals surface area contributed by atoms with Crippen LogP contribution in [0.4, 0.5) is 4.79 Å². The average Bonchev–Trinajstić information content (AvgIpc) is 3.47. The van der Waals surface area contributed by atoms with E-state index in [4.69, 9.17) is 9.26 Å². The van der Waals surface area contributed by atoms with Gasteiger partial charge in [0.25, 0.3) is 0 Å². The first-order chi connectivity index (χ1) is 15.1. The molecule has 31 heavy (non-hydrogen) atoms. The standard InChI is InChI=1S/C23H28N4O4/c1-15-8-10-16(11-9-15)21-24-20(31-25-21)14-26-19-7-3-2-6-18(19)22(28)27(23(26)29)13-17-5-4-12-30-17/h8-11,17-19H,2-7,12-14H2,1H3. The molecular formula is C23H28N4O4. The molecule has 3 unspecified atom stereocenters. The first kappa shape index (κ1) is 20.2. The van der Waals surface area contributed by atoms with Crippen LogP contribution in [0.1, 0.15) is 50.0 Å². The Bertz CT molecular complexity index is 951. The lowest BCUT2D eigenvalue weighted by Gasteiger charge is -2.46. The van der Waals surface area contributed by atoms with Crippen LogP contribution in [0.3, 0.4) is 0 Å². The number of fused-ring (bicyclic) bond motifs is 1. The molecule has 8 nitrogen and oxygen atoms in total. The van der Waals surface area contributed by atoms with Crippen molar-refractivity contribution in [3.63, 3.8) is 0 Å². The van der Waals surface area contributed by atoms with Gasteiger partial charge >= 0.3 is 6.03 Å². The zero-order chi connectivity index (χ0) is 21.4. The van der Waals surface area contributed by atoms with Crippen LogP contribution in [0, 0.1) is 12.8 Å². The number of aromatic nitrogens is 2. The van der Waals surface area contributed by atoms with E-state index >= 15 is 0 Å². The van der Waals surface area contributed by atoms with Gasteiger partial charge in [0.2, 0.25) is 17.6 Å². The third-order valence-corrected chi connectivity index (χ3v) is 6.68. The number of carbonyl (C=O) groups excluding carboxylic acids is 2. The molecule has 1 saturated carbocycles. The van der Waals surface area contributed by atoms with Crippen molar-refractivity contribution in [3.05, 3.63) is 35.7 Å². The topological polar surface area (TPSA) is 88.8 Å². The minimum absolute atomic E-state index is 0.0488. The summed E-state index contributed by atoms with van der Waals surface area (Å²) in [5.74, 6) is 0.686. The molecule has 0 bridgehead atoms. The van der Waals surface area contributed by atoms with E-state index in [0.717, 1.165) is 49.7 Å². The van der Waals surface area contributed by atoms with Crippen molar-refractivity contribution < 1.29 is 18.8 Å². The zero-order valence-corrected chi connectivity index (χ0v) is 17.8. The SMILES string of the molecule is Cc1ccc(-c2noc(CN3C(=O)N(CC4CCCO4)C(=O)C4CCCCC43)n2)cc1. The number of carbonyl (C=O) groups is 2. The maximum Gasteiger partial charge on any atom is 0.327 e. The van der Waals surface area contributed by atoms with Gasteiger partial charge in [0.05, 0.1) is 18.6 Å². The number of rotatable bonds is 5. The van der Waals surface area contributed by atoms with Crippen LogP contribution >= 0.6 is 0 Å². The first-order valence-corrected chi connectivity index (χ1v) is 11.2. The van der Waals surface area contributed by atoms with Gasteiger partial charge in [0.1, 0.15) is 6.54 Å². The molecule has 3 amide bonds. The highest BCUT2D eigenvalue weighted by molar-refractivity contribution is 5.98. The maximum atomic E-state index is 13.4. The molecule has 2 saturated heterocycles. The Morgan fingerprint density at radius 2 is 1.87 bits per heavy atom. The highest BCUT2D eigenvalue weighted by atomic mass is 16.5. The van der Waals surface area contributed by atoms with E-state index in [9.17, 15) is 9.59 Å². The molecule has 1 aliphatic carbocycles. The van der Waals surface area contributed by atoms with Crippen LogP contribution in [0.5, 0.6) is 0 Å². The van der Waals surface area contributed by atoms with E-state index < -0.39 is 0 Å². The van der Waals surface area contributed by atoms with E-state index in [1.807, 2.05) is 31.2 Å². The highest BCUT2D eigenvalue weighted by Crippen LogP contribution is 2.36. The predicted octanol–water partition coefficient (Wildman–Crippen LogP) is 3.55. The van der Waals surface area contributed by atoms with Crippen molar-refractivity contribution in [1.82, 2.24) is 19.9 Å². The minimum Gasteiger partial charge on any atom is -0.376 e. The van der Waals surface area contributed by atoms with Gasteiger partial charge in [0, 0.05) is 18.2 Å². The van der Waals surface area contributed by atoms with E-state index in [2.05, 4.69) is 10.1 Å². The Hall–Kier alpha value is -2.74. The fourth-order valence-corrected chi connectivity index (χ4v) is 4.99. The average molecular weight is 425 g/mol. The number of urea groups is 1. The van der Waals surface area contributed by atoms with Crippen LogP contribution in [-0.2, 0) is 16.1 Å². The van der Waals surface area contributed by atoms with Crippen LogP contribution < -0.4 is 0 Å². The van der Waals surface area contributed by atoms with Gasteiger partial charge in [-0.15, -0.1) is 0 Å². The van der Waals surface area contributed by atoms with Crippen molar-refractivity contribution in [2.24, 2.45) is 5.92 Å². The molecule has 3 atom stereocenters. The lowest BCUT2D eigenvalue weighted by atomic mass is 9.81. The van der Waals surface area contributed by atoms with E-state index in [1.54, 1.807) is 4.90 Å². The number of hydrogen-bond donors (Lipinski definition) is 0. The lowest BCUT2D eigenvalue weighted by Crippen LogP contribution is -2.63. The Morgan fingerprint density at radius 3 is 2.65 bits per heavy atom. The predicted molar refractivity (Wildman–Crippen MR) is 112 cm³/mol. The smallest absolute Gasteiger partial charge is 0.327 e. The number of hydrogen-bond acceptors (Lipinski definition) is 6. The van der Waals surface area contributed by atoms with E-state index in [-0.39, 0.29) is 36.5 Å². The zero-order valence-electron chi connectivity index (χ0n) is 17.8. The Morgan fingerprint density at radius 1 is 1.06 bits per heavy atom. The number of ether oxygens (including phenoxy) is 1. The third-order valence-electron chi connectivity index (χ3n) is 6.68. The number of benzene rings is 1. The second kappa shape index (κ2) is 8.42. The van der Waals surface area contributed by atoms with Crippen molar-refractivity contribution in [2.75, 3.05) is 13.2 Å². The minimum atomic E-state index is -0.265. The largest absolute Gasteiger partial charge is 0.376 e. The lowest BCUT2D eigenvalue weighted by molar-refractivity contribution is -0.142. The highest BCUT2D eigenvalue weighted by Gasteiger charge is 2.48. The molecule has 0 spiro atoms. The monoisotopic (exact) mass is 424 g/mol. The van der Waals surface area contributed by atoms with Gasteiger partial charge < -0.3 is 14.2 Å². The molecule has 2 aliphatic heterocycles. The van der Waals surface area contributed by atoms with Crippen LogP contribution in [0.15, 0.2) is 28.8 Å². The summed E-state index contributed by atoms with van der Waals surface area (Å²) < 4.78 is 11.2. The summed E-state index contributed by atoms with van der Waals surface area (Å²) in [7, 11) is 0. The Labute approximate surface area is 181 Å². The summed E-state index contributed by atoms with van der Waals surface area (Å²) in [6.07, 6.45) is 5.47. The van der Waals surface area contributed by atoms with Gasteiger partial charge in [-0.2, -0.15) is 4.98 Å². The second-order valence-corrected chi connectivity index (χ2v) is 8.83. The van der Waals surface area contributed by atoms with Gasteiger partial charge in [-0.05, 0) is 32.6 Å². The van der Waals surface area contributed by atoms with Crippen LogP contribution in [-0.4, -0.2) is 57.2 Å². The van der Waals surface area contributed by atoms with Crippen molar-refractivity contribution in [1.29, 1.82) is 0 Å². The van der Waals surface area contributed by atoms with Gasteiger partial charge in [-0.1, -0.05) is 47.8 Å². The summed E-state index contributed by atoms with van der Waals surface area (Å²) in [5, 5.41) is 4.10. The summed E-state index contributed by atoms with van der Waals surface area (Å²) >= 11 is 0. The fourth-order valence-electron chi connectivity index (χ4n) is 4.99. The van der Waals surface area contributed by atoms with Crippen molar-refractivity contribution in [2.45, 2.75) is 64.1 Å². The summed E-state index contributed by atoms with van der Waals surface area (Å²) in [6, 6.07) is 7.54. The normalized spacial score (nSPS) is 26.4. The molecule has 2 aromatic rings. The third kappa shape index (κ3) is 3.96. The fraction of sp³-hybridized carbons (Fsp3) is 0.565. The first-order valence-electron chi connectivity index (χ1n) is 11.2.